The van der Waals surface area contributed by atoms with Gasteiger partial charge in [-0.15, -0.1) is 0 Å². The Bertz CT molecular complexity index is 3000. The Hall–Kier alpha value is -6.02. The Morgan fingerprint density at radius 2 is 0.773 bits per heavy atom. The summed E-state index contributed by atoms with van der Waals surface area (Å²) in [4.78, 5) is 37.3. The molecule has 7 aromatic carbocycles. The molecule has 0 saturated carbocycles. The smallest absolute Gasteiger partial charge is 0.264 e. The second-order valence-corrected chi connectivity index (χ2v) is 11.6. The number of halogens is 2. The molecule has 11 aromatic rings. The van der Waals surface area contributed by atoms with Crippen molar-refractivity contribution in [1.29, 1.82) is 0 Å². The lowest BCUT2D eigenvalue weighted by molar-refractivity contribution is 0.629. The molecule has 4 heterocycles. The Labute approximate surface area is 242 Å². The van der Waals surface area contributed by atoms with Crippen molar-refractivity contribution >= 4 is 98.0 Å². The zero-order valence-electron chi connectivity index (χ0n) is 22.4. The molecule has 11 rings (SSSR count). The van der Waals surface area contributed by atoms with Crippen molar-refractivity contribution < 1.29 is 8.78 Å². The first-order valence-electron chi connectivity index (χ1n) is 14.1. The van der Waals surface area contributed by atoms with Crippen molar-refractivity contribution in [3.05, 3.63) is 117 Å². The first-order valence-corrected chi connectivity index (χ1v) is 14.1. The summed E-state index contributed by atoms with van der Waals surface area (Å²) >= 11 is 0. The van der Waals surface area contributed by atoms with Crippen LogP contribution in [0.3, 0.4) is 0 Å². The molecule has 0 N–H and O–H groups in total. The fourth-order valence-corrected chi connectivity index (χ4v) is 7.74. The zero-order chi connectivity index (χ0) is 29.2. The molecule has 204 valence electrons. The van der Waals surface area contributed by atoms with Crippen LogP contribution in [0, 0.1) is 11.6 Å². The Kier molecular flexibility index (Phi) is 3.65. The van der Waals surface area contributed by atoms with Crippen LogP contribution in [0.4, 0.5) is 8.78 Å². The molecule has 44 heavy (non-hydrogen) atoms. The van der Waals surface area contributed by atoms with Gasteiger partial charge in [-0.3, -0.25) is 18.4 Å². The Balaban J connectivity index is 1.37. The van der Waals surface area contributed by atoms with Gasteiger partial charge in [-0.05, 0) is 80.8 Å². The topological polar surface area (TPSA) is 68.7 Å². The fraction of sp³-hybridized carbons (Fsp3) is 0. The number of aromatic nitrogens is 4. The molecular formula is C36H14F2N4O2. The van der Waals surface area contributed by atoms with Gasteiger partial charge in [0.15, 0.2) is 0 Å². The predicted molar refractivity (Wildman–Crippen MR) is 170 cm³/mol. The predicted octanol–water partition coefficient (Wildman–Crippen LogP) is 7.52. The van der Waals surface area contributed by atoms with Gasteiger partial charge in [0, 0.05) is 44.5 Å². The molecule has 0 spiro atoms. The number of nitrogens with zero attached hydrogens (tertiary/aromatic N) is 4. The van der Waals surface area contributed by atoms with Crippen LogP contribution in [0.5, 0.6) is 0 Å². The molecule has 0 amide bonds. The van der Waals surface area contributed by atoms with Crippen LogP contribution in [-0.2, 0) is 0 Å². The summed E-state index contributed by atoms with van der Waals surface area (Å²) in [7, 11) is 0. The van der Waals surface area contributed by atoms with Crippen molar-refractivity contribution in [1.82, 2.24) is 18.8 Å². The van der Waals surface area contributed by atoms with Gasteiger partial charge in [-0.2, -0.15) is 0 Å². The van der Waals surface area contributed by atoms with Gasteiger partial charge < -0.3 is 0 Å². The second kappa shape index (κ2) is 7.12. The number of pyridine rings is 2. The number of benzene rings is 7. The van der Waals surface area contributed by atoms with Gasteiger partial charge in [0.25, 0.3) is 11.1 Å². The van der Waals surface area contributed by atoms with Crippen molar-refractivity contribution in [2.75, 3.05) is 0 Å². The number of rotatable bonds is 0. The van der Waals surface area contributed by atoms with Crippen LogP contribution >= 0.6 is 0 Å². The molecule has 0 saturated heterocycles. The number of imidazole rings is 2. The third kappa shape index (κ3) is 2.38. The number of hydrogen-bond acceptors (Lipinski definition) is 4. The largest absolute Gasteiger partial charge is 0.268 e. The van der Waals surface area contributed by atoms with Gasteiger partial charge in [-0.25, -0.2) is 18.7 Å². The van der Waals surface area contributed by atoms with E-state index in [1.54, 1.807) is 20.9 Å². The van der Waals surface area contributed by atoms with Crippen LogP contribution in [0.2, 0.25) is 0 Å². The van der Waals surface area contributed by atoms with E-state index in [9.17, 15) is 18.4 Å². The van der Waals surface area contributed by atoms with Crippen molar-refractivity contribution in [3.8, 4) is 0 Å². The highest BCUT2D eigenvalue weighted by molar-refractivity contribution is 6.40. The normalized spacial score (nSPS) is 13.0. The summed E-state index contributed by atoms with van der Waals surface area (Å²) in [6, 6.07) is 24.3. The van der Waals surface area contributed by atoms with E-state index in [1.165, 1.54) is 24.3 Å². The minimum Gasteiger partial charge on any atom is -0.268 e. The SMILES string of the molecule is O=c1c2ccc3c4ccc5c(=O)n6c7ccc(F)cc7nc6c6ccc(c7ccc(c2c37)c2nc3cc(F)ccc3n12)c4c56. The molecule has 0 radical (unpaired) electrons. The molecule has 0 fully saturated rings. The molecule has 0 unspecified atom stereocenters. The van der Waals surface area contributed by atoms with E-state index in [0.29, 0.717) is 44.1 Å². The van der Waals surface area contributed by atoms with Crippen LogP contribution in [-0.4, -0.2) is 18.8 Å². The van der Waals surface area contributed by atoms with E-state index in [2.05, 4.69) is 0 Å². The zero-order valence-corrected chi connectivity index (χ0v) is 22.4. The monoisotopic (exact) mass is 572 g/mol. The van der Waals surface area contributed by atoms with Crippen LogP contribution < -0.4 is 11.1 Å². The Morgan fingerprint density at radius 1 is 0.432 bits per heavy atom. The lowest BCUT2D eigenvalue weighted by Gasteiger charge is -2.18. The molecule has 0 bridgehead atoms. The van der Waals surface area contributed by atoms with Crippen LogP contribution in [0.25, 0.3) is 98.0 Å². The highest BCUT2D eigenvalue weighted by Gasteiger charge is 2.24. The molecule has 0 aliphatic carbocycles. The van der Waals surface area contributed by atoms with E-state index >= 15 is 0 Å². The first-order chi connectivity index (χ1) is 21.5. The average Bonchev–Trinajstić information content (AvgIpc) is 3.60. The summed E-state index contributed by atoms with van der Waals surface area (Å²) < 4.78 is 31.3. The maximum atomic E-state index is 14.1. The molecule has 0 aliphatic heterocycles. The summed E-state index contributed by atoms with van der Waals surface area (Å²) in [5.41, 5.74) is 2.54. The van der Waals surface area contributed by atoms with E-state index in [0.717, 1.165) is 53.9 Å². The van der Waals surface area contributed by atoms with Crippen molar-refractivity contribution in [2.24, 2.45) is 0 Å². The summed E-state index contributed by atoms with van der Waals surface area (Å²) in [5, 5.41) is 10.0. The average molecular weight is 573 g/mol. The maximum absolute atomic E-state index is 14.1. The number of fused-ring (bicyclic) bond motifs is 10. The van der Waals surface area contributed by atoms with E-state index in [4.69, 9.17) is 9.97 Å². The third-order valence-corrected chi connectivity index (χ3v) is 9.48. The van der Waals surface area contributed by atoms with E-state index in [1.807, 2.05) is 48.5 Å². The molecule has 6 nitrogen and oxygen atoms in total. The molecule has 4 aromatic heterocycles. The van der Waals surface area contributed by atoms with Gasteiger partial charge in [0.05, 0.1) is 22.1 Å². The molecule has 0 aliphatic rings. The van der Waals surface area contributed by atoms with E-state index in [-0.39, 0.29) is 11.1 Å². The van der Waals surface area contributed by atoms with Crippen LogP contribution in [0.15, 0.2) is 94.5 Å². The highest BCUT2D eigenvalue weighted by atomic mass is 19.1. The van der Waals surface area contributed by atoms with Crippen molar-refractivity contribution in [3.63, 3.8) is 0 Å². The third-order valence-electron chi connectivity index (χ3n) is 9.48. The number of hydrogen-bond donors (Lipinski definition) is 0. The van der Waals surface area contributed by atoms with Crippen LogP contribution in [0.1, 0.15) is 0 Å². The minimum absolute atomic E-state index is 0.206. The lowest BCUT2D eigenvalue weighted by atomic mass is 9.86. The molecular weight excluding hydrogens is 558 g/mol. The quantitative estimate of drug-likeness (QED) is 0.139. The fourth-order valence-electron chi connectivity index (χ4n) is 7.74. The second-order valence-electron chi connectivity index (χ2n) is 11.6. The summed E-state index contributed by atoms with van der Waals surface area (Å²) in [5.74, 6) is -0.819. The lowest BCUT2D eigenvalue weighted by Crippen LogP contribution is -2.14. The molecule has 8 heteroatoms. The first kappa shape index (κ1) is 22.6. The maximum Gasteiger partial charge on any atom is 0.264 e. The molecule has 0 atom stereocenters. The van der Waals surface area contributed by atoms with Gasteiger partial charge in [0.2, 0.25) is 0 Å². The van der Waals surface area contributed by atoms with Crippen molar-refractivity contribution in [2.45, 2.75) is 0 Å². The Morgan fingerprint density at radius 3 is 1.18 bits per heavy atom. The summed E-state index contributed by atoms with van der Waals surface area (Å²) in [6.07, 6.45) is 0. The van der Waals surface area contributed by atoms with E-state index < -0.39 is 11.6 Å². The summed E-state index contributed by atoms with van der Waals surface area (Å²) in [6.45, 7) is 0. The van der Waals surface area contributed by atoms with Gasteiger partial charge >= 0.3 is 0 Å². The van der Waals surface area contributed by atoms with Gasteiger partial charge in [-0.1, -0.05) is 24.3 Å². The standard InChI is InChI=1S/C36H14F2N4O2/c37-15-1-11-27-25(13-15)39-33-21-7-3-17-18-4-8-22-32-24(36(44)42-28-12-2-16(38)14-26(28)40-34(22)42)10-6-20(30(18)32)19-5-9-23(31(21)29(17)19)35(43)41(27)33/h1-14H. The minimum atomic E-state index is -0.409. The highest BCUT2D eigenvalue weighted by Crippen LogP contribution is 2.45. The van der Waals surface area contributed by atoms with Gasteiger partial charge in [0.1, 0.15) is 22.9 Å².